The lowest BCUT2D eigenvalue weighted by molar-refractivity contribution is 0.297. The fourth-order valence-corrected chi connectivity index (χ4v) is 1.86. The van der Waals surface area contributed by atoms with Crippen LogP contribution in [0.15, 0.2) is 22.6 Å². The molecule has 6 heteroatoms. The zero-order chi connectivity index (χ0) is 13.1. The average molecular weight is 261 g/mol. The third kappa shape index (κ3) is 2.78. The summed E-state index contributed by atoms with van der Waals surface area (Å²) in [6.45, 7) is 3.63. The van der Waals surface area contributed by atoms with Crippen molar-refractivity contribution >= 4 is 5.69 Å². The van der Waals surface area contributed by atoms with Gasteiger partial charge in [-0.2, -0.15) is 0 Å². The molecule has 1 aliphatic rings. The Morgan fingerprint density at radius 1 is 1.16 bits per heavy atom. The summed E-state index contributed by atoms with van der Waals surface area (Å²) in [6, 6.07) is 5.77. The second-order valence-electron chi connectivity index (χ2n) is 4.28. The second-order valence-corrected chi connectivity index (χ2v) is 4.28. The smallest absolute Gasteiger partial charge is 0.235 e. The van der Waals surface area contributed by atoms with Gasteiger partial charge in [0.2, 0.25) is 11.8 Å². The third-order valence-corrected chi connectivity index (χ3v) is 2.76. The molecule has 0 radical (unpaired) electrons. The van der Waals surface area contributed by atoms with Gasteiger partial charge in [-0.25, -0.2) is 0 Å². The number of benzene rings is 1. The monoisotopic (exact) mass is 261 g/mol. The molecule has 6 nitrogen and oxygen atoms in total. The number of nitrogens with zero attached hydrogens (tertiary/aromatic N) is 2. The quantitative estimate of drug-likeness (QED) is 0.913. The SMILES string of the molecule is Cc1nnc(CNc2ccc3c(c2)OCCCO3)o1. The molecule has 0 saturated carbocycles. The summed E-state index contributed by atoms with van der Waals surface area (Å²) in [5.41, 5.74) is 0.931. The van der Waals surface area contributed by atoms with Crippen LogP contribution in [0.5, 0.6) is 11.5 Å². The Bertz CT molecular complexity index is 568. The van der Waals surface area contributed by atoms with Crippen molar-refractivity contribution in [1.82, 2.24) is 10.2 Å². The maximum Gasteiger partial charge on any atom is 0.235 e. The van der Waals surface area contributed by atoms with Crippen LogP contribution in [0.1, 0.15) is 18.2 Å². The zero-order valence-electron chi connectivity index (χ0n) is 10.7. The number of fused-ring (bicyclic) bond motifs is 1. The summed E-state index contributed by atoms with van der Waals surface area (Å²) in [7, 11) is 0. The van der Waals surface area contributed by atoms with Crippen molar-refractivity contribution in [2.75, 3.05) is 18.5 Å². The van der Waals surface area contributed by atoms with E-state index in [0.717, 1.165) is 23.6 Å². The predicted octanol–water partition coefficient (Wildman–Crippen LogP) is 2.15. The number of hydrogen-bond donors (Lipinski definition) is 1. The van der Waals surface area contributed by atoms with Crippen molar-refractivity contribution in [1.29, 1.82) is 0 Å². The van der Waals surface area contributed by atoms with Gasteiger partial charge in [0, 0.05) is 25.1 Å². The van der Waals surface area contributed by atoms with Crippen LogP contribution in [0.2, 0.25) is 0 Å². The van der Waals surface area contributed by atoms with Crippen molar-refractivity contribution in [2.24, 2.45) is 0 Å². The van der Waals surface area contributed by atoms with Gasteiger partial charge >= 0.3 is 0 Å². The van der Waals surface area contributed by atoms with Gasteiger partial charge < -0.3 is 19.2 Å². The van der Waals surface area contributed by atoms with Gasteiger partial charge in [0.25, 0.3) is 0 Å². The molecule has 1 aromatic heterocycles. The molecule has 0 fully saturated rings. The minimum Gasteiger partial charge on any atom is -0.490 e. The van der Waals surface area contributed by atoms with Crippen LogP contribution in [0.3, 0.4) is 0 Å². The number of aromatic nitrogens is 2. The molecule has 3 rings (SSSR count). The highest BCUT2D eigenvalue weighted by molar-refractivity contribution is 5.54. The van der Waals surface area contributed by atoms with E-state index in [0.29, 0.717) is 31.5 Å². The Labute approximate surface area is 110 Å². The van der Waals surface area contributed by atoms with E-state index in [1.54, 1.807) is 6.92 Å². The van der Waals surface area contributed by atoms with E-state index in [-0.39, 0.29) is 0 Å². The highest BCUT2D eigenvalue weighted by Gasteiger charge is 2.11. The largest absolute Gasteiger partial charge is 0.490 e. The lowest BCUT2D eigenvalue weighted by atomic mass is 10.2. The second kappa shape index (κ2) is 5.17. The molecule has 0 spiro atoms. The fraction of sp³-hybridized carbons (Fsp3) is 0.385. The van der Waals surface area contributed by atoms with Crippen LogP contribution in [0, 0.1) is 6.92 Å². The molecule has 0 saturated heterocycles. The summed E-state index contributed by atoms with van der Waals surface area (Å²) in [6.07, 6.45) is 0.901. The first kappa shape index (κ1) is 11.8. The first-order chi connectivity index (χ1) is 9.31. The summed E-state index contributed by atoms with van der Waals surface area (Å²) in [4.78, 5) is 0. The number of anilines is 1. The zero-order valence-corrected chi connectivity index (χ0v) is 10.7. The maximum absolute atomic E-state index is 5.63. The van der Waals surface area contributed by atoms with E-state index in [4.69, 9.17) is 13.9 Å². The topological polar surface area (TPSA) is 69.4 Å². The Hall–Kier alpha value is -2.24. The Kier molecular flexibility index (Phi) is 3.22. The number of ether oxygens (including phenoxy) is 2. The molecular formula is C13H15N3O3. The van der Waals surface area contributed by atoms with Crippen LogP contribution >= 0.6 is 0 Å². The number of rotatable bonds is 3. The first-order valence-electron chi connectivity index (χ1n) is 6.24. The van der Waals surface area contributed by atoms with E-state index >= 15 is 0 Å². The summed E-state index contributed by atoms with van der Waals surface area (Å²) >= 11 is 0. The Balaban J connectivity index is 1.69. The van der Waals surface area contributed by atoms with Gasteiger partial charge in [-0.15, -0.1) is 10.2 Å². The van der Waals surface area contributed by atoms with E-state index in [1.165, 1.54) is 0 Å². The van der Waals surface area contributed by atoms with Gasteiger partial charge in [-0.05, 0) is 12.1 Å². The fourth-order valence-electron chi connectivity index (χ4n) is 1.86. The van der Waals surface area contributed by atoms with Gasteiger partial charge in [0.05, 0.1) is 19.8 Å². The molecule has 0 unspecified atom stereocenters. The summed E-state index contributed by atoms with van der Waals surface area (Å²) < 4.78 is 16.5. The standard InChI is InChI=1S/C13H15N3O3/c1-9-15-16-13(19-9)8-14-10-3-4-11-12(7-10)18-6-2-5-17-11/h3-4,7,14H,2,5-6,8H2,1H3. The van der Waals surface area contributed by atoms with Crippen molar-refractivity contribution in [3.8, 4) is 11.5 Å². The molecule has 1 N–H and O–H groups in total. The van der Waals surface area contributed by atoms with E-state index in [9.17, 15) is 0 Å². The minimum atomic E-state index is 0.487. The number of aryl methyl sites for hydroxylation is 1. The molecule has 2 heterocycles. The lowest BCUT2D eigenvalue weighted by Gasteiger charge is -2.10. The highest BCUT2D eigenvalue weighted by Crippen LogP contribution is 2.32. The van der Waals surface area contributed by atoms with Crippen molar-refractivity contribution in [2.45, 2.75) is 19.9 Å². The average Bonchev–Trinajstić information content (AvgIpc) is 2.70. The van der Waals surface area contributed by atoms with Crippen molar-refractivity contribution in [3.05, 3.63) is 30.0 Å². The van der Waals surface area contributed by atoms with Crippen molar-refractivity contribution in [3.63, 3.8) is 0 Å². The molecular weight excluding hydrogens is 246 g/mol. The van der Waals surface area contributed by atoms with Crippen LogP contribution in [0.4, 0.5) is 5.69 Å². The maximum atomic E-state index is 5.63. The molecule has 0 amide bonds. The molecule has 2 aromatic rings. The molecule has 19 heavy (non-hydrogen) atoms. The van der Waals surface area contributed by atoms with Crippen LogP contribution in [-0.2, 0) is 6.54 Å². The van der Waals surface area contributed by atoms with E-state index in [1.807, 2.05) is 18.2 Å². The van der Waals surface area contributed by atoms with Crippen LogP contribution < -0.4 is 14.8 Å². The normalized spacial score (nSPS) is 13.9. The highest BCUT2D eigenvalue weighted by atomic mass is 16.5. The molecule has 0 aliphatic carbocycles. The number of nitrogens with one attached hydrogen (secondary N) is 1. The van der Waals surface area contributed by atoms with E-state index in [2.05, 4.69) is 15.5 Å². The molecule has 100 valence electrons. The molecule has 1 aliphatic heterocycles. The molecule has 0 atom stereocenters. The minimum absolute atomic E-state index is 0.487. The van der Waals surface area contributed by atoms with Crippen LogP contribution in [-0.4, -0.2) is 23.4 Å². The van der Waals surface area contributed by atoms with Gasteiger partial charge in [-0.1, -0.05) is 0 Å². The molecule has 1 aromatic carbocycles. The summed E-state index contributed by atoms with van der Waals surface area (Å²) in [5, 5.41) is 10.9. The lowest BCUT2D eigenvalue weighted by Crippen LogP contribution is -2.00. The van der Waals surface area contributed by atoms with Gasteiger partial charge in [0.1, 0.15) is 0 Å². The Morgan fingerprint density at radius 2 is 2.00 bits per heavy atom. The predicted molar refractivity (Wildman–Crippen MR) is 68.4 cm³/mol. The number of hydrogen-bond acceptors (Lipinski definition) is 6. The van der Waals surface area contributed by atoms with Crippen LogP contribution in [0.25, 0.3) is 0 Å². The summed E-state index contributed by atoms with van der Waals surface area (Å²) in [5.74, 6) is 2.68. The van der Waals surface area contributed by atoms with Gasteiger partial charge in [-0.3, -0.25) is 0 Å². The Morgan fingerprint density at radius 3 is 2.79 bits per heavy atom. The first-order valence-corrected chi connectivity index (χ1v) is 6.24. The molecule has 0 bridgehead atoms. The van der Waals surface area contributed by atoms with E-state index < -0.39 is 0 Å². The third-order valence-electron chi connectivity index (χ3n) is 2.76. The van der Waals surface area contributed by atoms with Crippen molar-refractivity contribution < 1.29 is 13.9 Å². The van der Waals surface area contributed by atoms with Gasteiger partial charge in [0.15, 0.2) is 11.5 Å².